The summed E-state index contributed by atoms with van der Waals surface area (Å²) >= 11 is 0. The number of nitrogens with two attached hydrogens (primary N) is 1. The summed E-state index contributed by atoms with van der Waals surface area (Å²) in [6.45, 7) is 13.7. The molecule has 0 saturated carbocycles. The molecule has 90 valence electrons. The molecule has 0 radical (unpaired) electrons. The minimum absolute atomic E-state index is 0.821. The number of unbranched alkanes of at least 4 members (excludes halogenated alkanes) is 4. The molecule has 0 saturated heterocycles. The van der Waals surface area contributed by atoms with E-state index in [0.29, 0.717) is 0 Å². The Labute approximate surface area is 96.5 Å². The molecule has 0 spiro atoms. The molecule has 1 heteroatoms. The molecule has 0 fully saturated rings. The highest BCUT2D eigenvalue weighted by atomic mass is 14.5. The molecule has 0 amide bonds. The van der Waals surface area contributed by atoms with Gasteiger partial charge >= 0.3 is 0 Å². The Morgan fingerprint density at radius 2 is 1.27 bits per heavy atom. The van der Waals surface area contributed by atoms with Crippen LogP contribution in [0, 0.1) is 0 Å². The van der Waals surface area contributed by atoms with Gasteiger partial charge in [-0.25, -0.2) is 0 Å². The van der Waals surface area contributed by atoms with Crippen molar-refractivity contribution in [1.29, 1.82) is 0 Å². The van der Waals surface area contributed by atoms with Gasteiger partial charge in [0.15, 0.2) is 0 Å². The Balaban J connectivity index is 0. The molecule has 15 heavy (non-hydrogen) atoms. The fraction of sp³-hybridized carbons (Fsp3) is 0.714. The number of rotatable bonds is 8. The van der Waals surface area contributed by atoms with E-state index in [2.05, 4.69) is 20.1 Å². The lowest BCUT2D eigenvalue weighted by Gasteiger charge is -2.01. The van der Waals surface area contributed by atoms with Gasteiger partial charge < -0.3 is 5.73 Å². The Bertz CT molecular complexity index is 141. The molecule has 0 heterocycles. The van der Waals surface area contributed by atoms with Gasteiger partial charge in [0.05, 0.1) is 0 Å². The quantitative estimate of drug-likeness (QED) is 0.453. The summed E-state index contributed by atoms with van der Waals surface area (Å²) in [5, 5.41) is 0. The molecule has 0 aromatic carbocycles. The van der Waals surface area contributed by atoms with Gasteiger partial charge in [-0.3, -0.25) is 0 Å². The van der Waals surface area contributed by atoms with Crippen molar-refractivity contribution in [1.82, 2.24) is 0 Å². The summed E-state index contributed by atoms with van der Waals surface area (Å²) in [5.74, 6) is 0. The smallest absolute Gasteiger partial charge is 0.000744 e. The van der Waals surface area contributed by atoms with Crippen molar-refractivity contribution >= 4 is 0 Å². The van der Waals surface area contributed by atoms with Crippen molar-refractivity contribution in [3.05, 3.63) is 24.4 Å². The van der Waals surface area contributed by atoms with Crippen molar-refractivity contribution in [3.63, 3.8) is 0 Å². The predicted octanol–water partition coefficient (Wildman–Crippen LogP) is 4.79. The predicted molar refractivity (Wildman–Crippen MR) is 71.8 cm³/mol. The van der Waals surface area contributed by atoms with Crippen LogP contribution in [0.5, 0.6) is 0 Å². The molecule has 0 atom stereocenters. The molecule has 0 unspecified atom stereocenters. The van der Waals surface area contributed by atoms with E-state index in [1.165, 1.54) is 44.1 Å². The summed E-state index contributed by atoms with van der Waals surface area (Å²) in [4.78, 5) is 0. The summed E-state index contributed by atoms with van der Waals surface area (Å²) in [7, 11) is 0. The van der Waals surface area contributed by atoms with Gasteiger partial charge in [0.2, 0.25) is 0 Å². The summed E-state index contributed by atoms with van der Waals surface area (Å²) in [5.41, 5.74) is 7.59. The summed E-state index contributed by atoms with van der Waals surface area (Å²) < 4.78 is 0. The Kier molecular flexibility index (Phi) is 14.8. The third-order valence-corrected chi connectivity index (χ3v) is 2.10. The van der Waals surface area contributed by atoms with Crippen molar-refractivity contribution in [2.75, 3.05) is 0 Å². The Morgan fingerprint density at radius 1 is 0.867 bits per heavy atom. The third kappa shape index (κ3) is 19.6. The maximum Gasteiger partial charge on any atom is 0.000744 e. The highest BCUT2D eigenvalue weighted by molar-refractivity contribution is 4.87. The average molecular weight is 211 g/mol. The van der Waals surface area contributed by atoms with E-state index in [0.717, 1.165) is 12.1 Å². The zero-order chi connectivity index (χ0) is 12.1. The molecule has 2 N–H and O–H groups in total. The molecular formula is C14H29N. The molecule has 0 aromatic heterocycles. The monoisotopic (exact) mass is 211 g/mol. The lowest BCUT2D eigenvalue weighted by atomic mass is 10.1. The van der Waals surface area contributed by atoms with E-state index in [1.54, 1.807) is 0 Å². The van der Waals surface area contributed by atoms with E-state index >= 15 is 0 Å². The van der Waals surface area contributed by atoms with Crippen LogP contribution in [-0.4, -0.2) is 0 Å². The van der Waals surface area contributed by atoms with Crippen molar-refractivity contribution in [3.8, 4) is 0 Å². The van der Waals surface area contributed by atoms with Crippen LogP contribution in [0.3, 0.4) is 0 Å². The van der Waals surface area contributed by atoms with Gasteiger partial charge in [-0.05, 0) is 32.6 Å². The van der Waals surface area contributed by atoms with Gasteiger partial charge in [0, 0.05) is 5.70 Å². The van der Waals surface area contributed by atoms with Gasteiger partial charge in [-0.2, -0.15) is 0 Å². The van der Waals surface area contributed by atoms with Crippen LogP contribution in [0.2, 0.25) is 0 Å². The molecule has 0 aliphatic carbocycles. The standard InChI is InChI=1S/C12H23N.C2H6/c1-11(2)9-7-5-4-6-8-10-12(3)13;1-2/h1,3-10,13H2,2H3;1-2H3. The van der Waals surface area contributed by atoms with Gasteiger partial charge in [0.1, 0.15) is 0 Å². The SMILES string of the molecule is C=C(C)CCCCCCCC(=C)N.CC. The fourth-order valence-corrected chi connectivity index (χ4v) is 1.31. The van der Waals surface area contributed by atoms with Gasteiger partial charge in [-0.1, -0.05) is 45.3 Å². The number of hydrogen-bond acceptors (Lipinski definition) is 1. The van der Waals surface area contributed by atoms with Crippen LogP contribution in [0.15, 0.2) is 24.4 Å². The van der Waals surface area contributed by atoms with Crippen molar-refractivity contribution < 1.29 is 0 Å². The second kappa shape index (κ2) is 13.3. The first kappa shape index (κ1) is 16.7. The molecule has 0 aromatic rings. The largest absolute Gasteiger partial charge is 0.403 e. The van der Waals surface area contributed by atoms with Gasteiger partial charge in [0.25, 0.3) is 0 Å². The van der Waals surface area contributed by atoms with E-state index in [1.807, 2.05) is 13.8 Å². The average Bonchev–Trinajstić information content (AvgIpc) is 2.18. The normalized spacial score (nSPS) is 9.00. The third-order valence-electron chi connectivity index (χ3n) is 2.10. The molecule has 0 bridgehead atoms. The number of hydrogen-bond donors (Lipinski definition) is 1. The van der Waals surface area contributed by atoms with E-state index in [-0.39, 0.29) is 0 Å². The van der Waals surface area contributed by atoms with Crippen LogP contribution in [0.4, 0.5) is 0 Å². The Morgan fingerprint density at radius 3 is 1.67 bits per heavy atom. The molecule has 0 aliphatic rings. The highest BCUT2D eigenvalue weighted by Gasteiger charge is 1.92. The van der Waals surface area contributed by atoms with Crippen LogP contribution >= 0.6 is 0 Å². The second-order valence-electron chi connectivity index (χ2n) is 3.88. The maximum absolute atomic E-state index is 5.47. The topological polar surface area (TPSA) is 26.0 Å². The fourth-order valence-electron chi connectivity index (χ4n) is 1.31. The minimum atomic E-state index is 0.821. The first-order valence-electron chi connectivity index (χ1n) is 6.20. The minimum Gasteiger partial charge on any atom is -0.403 e. The Hall–Kier alpha value is -0.720. The van der Waals surface area contributed by atoms with E-state index in [4.69, 9.17) is 5.73 Å². The molecular weight excluding hydrogens is 182 g/mol. The lowest BCUT2D eigenvalue weighted by molar-refractivity contribution is 0.611. The van der Waals surface area contributed by atoms with E-state index in [9.17, 15) is 0 Å². The van der Waals surface area contributed by atoms with Crippen molar-refractivity contribution in [2.24, 2.45) is 5.73 Å². The first-order valence-corrected chi connectivity index (χ1v) is 6.20. The van der Waals surface area contributed by atoms with Crippen LogP contribution in [0.25, 0.3) is 0 Å². The maximum atomic E-state index is 5.47. The highest BCUT2D eigenvalue weighted by Crippen LogP contribution is 2.10. The van der Waals surface area contributed by atoms with Crippen LogP contribution in [-0.2, 0) is 0 Å². The zero-order valence-corrected chi connectivity index (χ0v) is 10.9. The second-order valence-corrected chi connectivity index (χ2v) is 3.88. The molecule has 1 nitrogen and oxygen atoms in total. The summed E-state index contributed by atoms with van der Waals surface area (Å²) in [6, 6.07) is 0. The van der Waals surface area contributed by atoms with E-state index < -0.39 is 0 Å². The molecule has 0 rings (SSSR count). The van der Waals surface area contributed by atoms with Crippen molar-refractivity contribution in [2.45, 2.75) is 65.7 Å². The van der Waals surface area contributed by atoms with Crippen LogP contribution in [0.1, 0.15) is 65.7 Å². The number of allylic oxidation sites excluding steroid dienone is 2. The first-order chi connectivity index (χ1) is 7.13. The zero-order valence-electron chi connectivity index (χ0n) is 10.9. The molecule has 0 aliphatic heterocycles. The van der Waals surface area contributed by atoms with Gasteiger partial charge in [-0.15, -0.1) is 6.58 Å². The summed E-state index contributed by atoms with van der Waals surface area (Å²) in [6.07, 6.45) is 8.59. The lowest BCUT2D eigenvalue weighted by Crippen LogP contribution is -1.93. The van der Waals surface area contributed by atoms with Crippen LogP contribution < -0.4 is 5.73 Å².